The van der Waals surface area contributed by atoms with Crippen LogP contribution in [0.2, 0.25) is 0 Å². The highest BCUT2D eigenvalue weighted by Gasteiger charge is 2.34. The van der Waals surface area contributed by atoms with Gasteiger partial charge in [0.1, 0.15) is 0 Å². The first-order chi connectivity index (χ1) is 16.4. The lowest BCUT2D eigenvalue weighted by Gasteiger charge is -2.30. The molecule has 7 nitrogen and oxygen atoms in total. The number of rotatable bonds is 14. The molecule has 1 aliphatic heterocycles. The summed E-state index contributed by atoms with van der Waals surface area (Å²) >= 11 is 0. The fourth-order valence-electron chi connectivity index (χ4n) is 4.92. The molecule has 3 atom stereocenters. The van der Waals surface area contributed by atoms with Gasteiger partial charge in [0.15, 0.2) is 0 Å². The van der Waals surface area contributed by atoms with Crippen molar-refractivity contribution in [1.82, 2.24) is 15.1 Å². The zero-order valence-corrected chi connectivity index (χ0v) is 21.2. The molecule has 3 amide bonds. The number of aliphatic hydroxyl groups is 1. The van der Waals surface area contributed by atoms with Gasteiger partial charge in [0, 0.05) is 44.4 Å². The van der Waals surface area contributed by atoms with Crippen molar-refractivity contribution in [3.63, 3.8) is 0 Å². The smallest absolute Gasteiger partial charge is 0.226 e. The Bertz CT molecular complexity index is 766. The van der Waals surface area contributed by atoms with Crippen LogP contribution >= 0.6 is 0 Å². The number of carbonyl (C=O) groups is 3. The molecule has 0 aliphatic carbocycles. The topological polar surface area (TPSA) is 90.0 Å². The maximum absolute atomic E-state index is 13.6. The molecule has 3 unspecified atom stereocenters. The van der Waals surface area contributed by atoms with E-state index in [4.69, 9.17) is 0 Å². The first-order valence-electron chi connectivity index (χ1n) is 13.0. The predicted octanol–water partition coefficient (Wildman–Crippen LogP) is 3.15. The van der Waals surface area contributed by atoms with Crippen molar-refractivity contribution in [2.45, 2.75) is 84.2 Å². The van der Waals surface area contributed by atoms with E-state index in [1.54, 1.807) is 4.90 Å². The summed E-state index contributed by atoms with van der Waals surface area (Å²) in [5.74, 6) is -0.358. The maximum Gasteiger partial charge on any atom is 0.226 e. The molecule has 34 heavy (non-hydrogen) atoms. The quantitative estimate of drug-likeness (QED) is 0.434. The third-order valence-electron chi connectivity index (χ3n) is 6.80. The molecule has 0 radical (unpaired) electrons. The standard InChI is InChI=1S/C27H43N3O4/c1-4-11-23(28-25(32)15-16-26(33)29(5-2)6-3)19-22(18-21-12-8-7-9-13-21)27(34)30-17-10-14-24(30)20-31/h7-9,12-13,22-24,31H,4-6,10-11,14-20H2,1-3H3,(H,28,32). The first kappa shape index (κ1) is 27.8. The summed E-state index contributed by atoms with van der Waals surface area (Å²) in [5, 5.41) is 12.8. The number of carbonyl (C=O) groups excluding carboxylic acids is 3. The Morgan fingerprint density at radius 2 is 1.82 bits per heavy atom. The van der Waals surface area contributed by atoms with E-state index in [1.807, 2.05) is 49.1 Å². The molecule has 0 bridgehead atoms. The van der Waals surface area contributed by atoms with Gasteiger partial charge in [-0.25, -0.2) is 0 Å². The number of nitrogens with zero attached hydrogens (tertiary/aromatic N) is 2. The Balaban J connectivity index is 2.08. The van der Waals surface area contributed by atoms with Gasteiger partial charge in [-0.1, -0.05) is 43.7 Å². The van der Waals surface area contributed by atoms with Gasteiger partial charge in [-0.2, -0.15) is 0 Å². The summed E-state index contributed by atoms with van der Waals surface area (Å²) in [7, 11) is 0. The first-order valence-corrected chi connectivity index (χ1v) is 13.0. The van der Waals surface area contributed by atoms with Crippen LogP contribution in [0, 0.1) is 5.92 Å². The van der Waals surface area contributed by atoms with E-state index in [0.717, 1.165) is 31.2 Å². The fourth-order valence-corrected chi connectivity index (χ4v) is 4.92. The minimum Gasteiger partial charge on any atom is -0.394 e. The van der Waals surface area contributed by atoms with Crippen molar-refractivity contribution in [2.24, 2.45) is 5.92 Å². The molecule has 190 valence electrons. The average molecular weight is 474 g/mol. The van der Waals surface area contributed by atoms with E-state index >= 15 is 0 Å². The Labute approximate surface area is 204 Å². The number of nitrogens with one attached hydrogen (secondary N) is 1. The van der Waals surface area contributed by atoms with Crippen LogP contribution in [-0.4, -0.2) is 71.0 Å². The van der Waals surface area contributed by atoms with Crippen molar-refractivity contribution < 1.29 is 19.5 Å². The van der Waals surface area contributed by atoms with Gasteiger partial charge in [0.2, 0.25) is 17.7 Å². The number of benzene rings is 1. The van der Waals surface area contributed by atoms with Crippen molar-refractivity contribution in [3.05, 3.63) is 35.9 Å². The van der Waals surface area contributed by atoms with Crippen molar-refractivity contribution >= 4 is 17.7 Å². The third-order valence-corrected chi connectivity index (χ3v) is 6.80. The van der Waals surface area contributed by atoms with Gasteiger partial charge in [0.05, 0.1) is 12.6 Å². The SMILES string of the molecule is CCCC(CC(Cc1ccccc1)C(=O)N1CCCC1CO)NC(=O)CCC(=O)N(CC)CC. The maximum atomic E-state index is 13.6. The Hall–Kier alpha value is -2.41. The second-order valence-electron chi connectivity index (χ2n) is 9.25. The summed E-state index contributed by atoms with van der Waals surface area (Å²) in [5.41, 5.74) is 1.09. The Kier molecular flexibility index (Phi) is 12.1. The van der Waals surface area contributed by atoms with Gasteiger partial charge >= 0.3 is 0 Å². The number of hydrogen-bond donors (Lipinski definition) is 2. The molecule has 7 heteroatoms. The highest BCUT2D eigenvalue weighted by atomic mass is 16.3. The predicted molar refractivity (Wildman–Crippen MR) is 134 cm³/mol. The van der Waals surface area contributed by atoms with Gasteiger partial charge in [-0.3, -0.25) is 14.4 Å². The Morgan fingerprint density at radius 1 is 1.12 bits per heavy atom. The molecule has 2 rings (SSSR count). The van der Waals surface area contributed by atoms with E-state index in [0.29, 0.717) is 32.5 Å². The minimum atomic E-state index is -0.274. The molecule has 1 aromatic rings. The second-order valence-corrected chi connectivity index (χ2v) is 9.25. The van der Waals surface area contributed by atoms with Crippen molar-refractivity contribution in [2.75, 3.05) is 26.2 Å². The number of amides is 3. The third kappa shape index (κ3) is 8.42. The van der Waals surface area contributed by atoms with Crippen LogP contribution in [0.25, 0.3) is 0 Å². The highest BCUT2D eigenvalue weighted by Crippen LogP contribution is 2.25. The summed E-state index contributed by atoms with van der Waals surface area (Å²) in [6.45, 7) is 7.88. The molecular formula is C27H43N3O4. The molecule has 1 saturated heterocycles. The second kappa shape index (κ2) is 14.8. The van der Waals surface area contributed by atoms with Crippen LogP contribution in [0.3, 0.4) is 0 Å². The van der Waals surface area contributed by atoms with Crippen LogP contribution in [0.4, 0.5) is 0 Å². The molecular weight excluding hydrogens is 430 g/mol. The average Bonchev–Trinajstić information content (AvgIpc) is 3.32. The lowest BCUT2D eigenvalue weighted by molar-refractivity contribution is -0.138. The van der Waals surface area contributed by atoms with Gasteiger partial charge in [0.25, 0.3) is 0 Å². The number of hydrogen-bond acceptors (Lipinski definition) is 4. The molecule has 1 fully saturated rings. The largest absolute Gasteiger partial charge is 0.394 e. The van der Waals surface area contributed by atoms with Gasteiger partial charge in [-0.05, 0) is 51.5 Å². The molecule has 1 heterocycles. The summed E-state index contributed by atoms with van der Waals surface area (Å²) < 4.78 is 0. The monoisotopic (exact) mass is 473 g/mol. The lowest BCUT2D eigenvalue weighted by Crippen LogP contribution is -2.45. The van der Waals surface area contributed by atoms with Crippen LogP contribution in [0.5, 0.6) is 0 Å². The molecule has 0 spiro atoms. The van der Waals surface area contributed by atoms with Crippen molar-refractivity contribution in [1.29, 1.82) is 0 Å². The van der Waals surface area contributed by atoms with Crippen molar-refractivity contribution in [3.8, 4) is 0 Å². The van der Waals surface area contributed by atoms with Crippen LogP contribution in [0.1, 0.15) is 71.3 Å². The zero-order valence-electron chi connectivity index (χ0n) is 21.2. The minimum absolute atomic E-state index is 0.00611. The summed E-state index contributed by atoms with van der Waals surface area (Å²) in [4.78, 5) is 42.1. The zero-order chi connectivity index (χ0) is 24.9. The van der Waals surface area contributed by atoms with E-state index in [9.17, 15) is 19.5 Å². The molecule has 1 aromatic carbocycles. The lowest BCUT2D eigenvalue weighted by atomic mass is 9.89. The van der Waals surface area contributed by atoms with Crippen LogP contribution in [0.15, 0.2) is 30.3 Å². The van der Waals surface area contributed by atoms with Gasteiger partial charge < -0.3 is 20.2 Å². The molecule has 1 aliphatic rings. The summed E-state index contributed by atoms with van der Waals surface area (Å²) in [6, 6.07) is 9.72. The molecule has 2 N–H and O–H groups in total. The fraction of sp³-hybridized carbons (Fsp3) is 0.667. The normalized spacial score (nSPS) is 17.3. The van der Waals surface area contributed by atoms with E-state index in [-0.39, 0.29) is 55.2 Å². The Morgan fingerprint density at radius 3 is 2.44 bits per heavy atom. The molecule has 0 saturated carbocycles. The molecule has 0 aromatic heterocycles. The summed E-state index contributed by atoms with van der Waals surface area (Å²) in [6.07, 6.45) is 4.91. The van der Waals surface area contributed by atoms with Gasteiger partial charge in [-0.15, -0.1) is 0 Å². The van der Waals surface area contributed by atoms with Crippen LogP contribution < -0.4 is 5.32 Å². The van der Waals surface area contributed by atoms with E-state index in [2.05, 4.69) is 12.2 Å². The highest BCUT2D eigenvalue weighted by molar-refractivity contribution is 5.84. The number of likely N-dealkylation sites (tertiary alicyclic amines) is 1. The van der Waals surface area contributed by atoms with Crippen LogP contribution in [-0.2, 0) is 20.8 Å². The van der Waals surface area contributed by atoms with E-state index in [1.165, 1.54) is 0 Å². The number of aliphatic hydroxyl groups excluding tert-OH is 1. The van der Waals surface area contributed by atoms with E-state index < -0.39 is 0 Å².